The van der Waals surface area contributed by atoms with Crippen LogP contribution in [-0.4, -0.2) is 20.2 Å². The van der Waals surface area contributed by atoms with Crippen LogP contribution in [0, 0.1) is 0 Å². The fourth-order valence-electron chi connectivity index (χ4n) is 1.79. The SMILES string of the molecule is FC(F)(F)c1cnc(Br)nc1Nc1cc(C2CC2)[nH]n1. The highest BCUT2D eigenvalue weighted by atomic mass is 79.9. The minimum absolute atomic E-state index is 0.0750. The number of nitrogens with zero attached hydrogens (tertiary/aromatic N) is 3. The Morgan fingerprint density at radius 3 is 2.75 bits per heavy atom. The minimum Gasteiger partial charge on any atom is -0.323 e. The molecule has 0 atom stereocenters. The third-order valence-corrected chi connectivity index (χ3v) is 3.31. The molecule has 2 aromatic heterocycles. The molecule has 9 heteroatoms. The summed E-state index contributed by atoms with van der Waals surface area (Å²) in [6.07, 6.45) is -1.64. The first-order chi connectivity index (χ1) is 9.43. The van der Waals surface area contributed by atoms with Gasteiger partial charge in [0.25, 0.3) is 0 Å². The first kappa shape index (κ1) is 13.3. The van der Waals surface area contributed by atoms with Gasteiger partial charge in [-0.2, -0.15) is 18.3 Å². The van der Waals surface area contributed by atoms with Gasteiger partial charge in [0.05, 0.1) is 0 Å². The van der Waals surface area contributed by atoms with Gasteiger partial charge in [0, 0.05) is 23.9 Å². The van der Waals surface area contributed by atoms with Crippen LogP contribution < -0.4 is 5.32 Å². The number of anilines is 2. The molecular weight excluding hydrogens is 339 g/mol. The highest BCUT2D eigenvalue weighted by Gasteiger charge is 2.35. The summed E-state index contributed by atoms with van der Waals surface area (Å²) in [4.78, 5) is 7.23. The lowest BCUT2D eigenvalue weighted by atomic mass is 10.3. The molecule has 0 spiro atoms. The molecule has 20 heavy (non-hydrogen) atoms. The van der Waals surface area contributed by atoms with Gasteiger partial charge in [-0.3, -0.25) is 5.10 Å². The number of aromatic amines is 1. The zero-order valence-corrected chi connectivity index (χ0v) is 11.6. The van der Waals surface area contributed by atoms with Gasteiger partial charge in [-0.1, -0.05) is 0 Å². The molecule has 3 rings (SSSR count). The summed E-state index contributed by atoms with van der Waals surface area (Å²) in [6, 6.07) is 1.70. The van der Waals surface area contributed by atoms with Crippen molar-refractivity contribution in [2.45, 2.75) is 24.9 Å². The monoisotopic (exact) mass is 347 g/mol. The van der Waals surface area contributed by atoms with Gasteiger partial charge in [-0.25, -0.2) is 9.97 Å². The number of hydrogen-bond donors (Lipinski definition) is 2. The second-order valence-electron chi connectivity index (χ2n) is 4.51. The average Bonchev–Trinajstić information content (AvgIpc) is 3.09. The van der Waals surface area contributed by atoms with Crippen LogP contribution in [0.25, 0.3) is 0 Å². The molecule has 0 unspecified atom stereocenters. The summed E-state index contributed by atoms with van der Waals surface area (Å²) in [5.74, 6) is 0.425. The molecule has 0 amide bonds. The Kier molecular flexibility index (Phi) is 3.15. The molecule has 0 bridgehead atoms. The minimum atomic E-state index is -4.53. The van der Waals surface area contributed by atoms with Crippen LogP contribution in [0.2, 0.25) is 0 Å². The van der Waals surface area contributed by atoms with Crippen molar-refractivity contribution in [1.29, 1.82) is 0 Å². The standard InChI is InChI=1S/C11H9BrF3N5/c12-10-16-4-6(11(13,14)15)9(18-10)17-8-3-7(19-20-8)5-1-2-5/h3-5H,1-2H2,(H2,16,17,18,19,20). The van der Waals surface area contributed by atoms with Crippen LogP contribution in [0.5, 0.6) is 0 Å². The van der Waals surface area contributed by atoms with Crippen LogP contribution in [0.1, 0.15) is 30.0 Å². The number of nitrogens with one attached hydrogen (secondary N) is 2. The molecule has 5 nitrogen and oxygen atoms in total. The molecular formula is C11H9BrF3N5. The van der Waals surface area contributed by atoms with Gasteiger partial charge in [0.2, 0.25) is 0 Å². The van der Waals surface area contributed by atoms with Crippen molar-refractivity contribution in [2.75, 3.05) is 5.32 Å². The van der Waals surface area contributed by atoms with E-state index in [2.05, 4.69) is 41.4 Å². The van der Waals surface area contributed by atoms with E-state index in [9.17, 15) is 13.2 Å². The number of hydrogen-bond acceptors (Lipinski definition) is 4. The number of aromatic nitrogens is 4. The van der Waals surface area contributed by atoms with E-state index in [-0.39, 0.29) is 10.6 Å². The third kappa shape index (κ3) is 2.77. The number of alkyl halides is 3. The van der Waals surface area contributed by atoms with Crippen LogP contribution in [0.3, 0.4) is 0 Å². The zero-order chi connectivity index (χ0) is 14.3. The van der Waals surface area contributed by atoms with Gasteiger partial charge >= 0.3 is 6.18 Å². The van der Waals surface area contributed by atoms with Crippen LogP contribution in [0.15, 0.2) is 17.0 Å². The summed E-state index contributed by atoms with van der Waals surface area (Å²) in [7, 11) is 0. The lowest BCUT2D eigenvalue weighted by molar-refractivity contribution is -0.137. The molecule has 0 radical (unpaired) electrons. The number of halogens is 4. The first-order valence-corrected chi connectivity index (χ1v) is 6.65. The average molecular weight is 348 g/mol. The Balaban J connectivity index is 1.90. The van der Waals surface area contributed by atoms with Crippen LogP contribution in [0.4, 0.5) is 24.8 Å². The van der Waals surface area contributed by atoms with E-state index in [1.807, 2.05) is 0 Å². The number of H-pyrrole nitrogens is 1. The molecule has 2 aromatic rings. The van der Waals surface area contributed by atoms with Crippen molar-refractivity contribution in [3.05, 3.63) is 28.3 Å². The molecule has 1 aliphatic rings. The predicted octanol–water partition coefficient (Wildman–Crippen LogP) is 3.60. The fraction of sp³-hybridized carbons (Fsp3) is 0.364. The summed E-state index contributed by atoms with van der Waals surface area (Å²) >= 11 is 2.96. The highest BCUT2D eigenvalue weighted by molar-refractivity contribution is 9.10. The maximum atomic E-state index is 12.9. The fourth-order valence-corrected chi connectivity index (χ4v) is 2.07. The zero-order valence-electron chi connectivity index (χ0n) is 10.00. The van der Waals surface area contributed by atoms with E-state index in [4.69, 9.17) is 0 Å². The molecule has 106 valence electrons. The molecule has 1 fully saturated rings. The molecule has 1 saturated carbocycles. The van der Waals surface area contributed by atoms with E-state index < -0.39 is 11.7 Å². The van der Waals surface area contributed by atoms with Crippen molar-refractivity contribution in [3.63, 3.8) is 0 Å². The molecule has 0 aromatic carbocycles. The van der Waals surface area contributed by atoms with Crippen molar-refractivity contribution < 1.29 is 13.2 Å². The van der Waals surface area contributed by atoms with E-state index in [1.165, 1.54) is 0 Å². The normalized spacial score (nSPS) is 15.4. The van der Waals surface area contributed by atoms with Crippen LogP contribution >= 0.6 is 15.9 Å². The summed E-state index contributed by atoms with van der Waals surface area (Å²) in [5.41, 5.74) is -0.00847. The molecule has 0 saturated heterocycles. The Hall–Kier alpha value is -1.64. The first-order valence-electron chi connectivity index (χ1n) is 5.85. The van der Waals surface area contributed by atoms with Crippen molar-refractivity contribution in [2.24, 2.45) is 0 Å². The highest BCUT2D eigenvalue weighted by Crippen LogP contribution is 2.40. The Labute approximate surface area is 120 Å². The predicted molar refractivity (Wildman–Crippen MR) is 68.6 cm³/mol. The molecule has 1 aliphatic carbocycles. The summed E-state index contributed by atoms with van der Waals surface area (Å²) in [5, 5.41) is 9.34. The Morgan fingerprint density at radius 1 is 1.35 bits per heavy atom. The Morgan fingerprint density at radius 2 is 2.10 bits per heavy atom. The second-order valence-corrected chi connectivity index (χ2v) is 5.22. The van der Waals surface area contributed by atoms with Gasteiger partial charge in [0.15, 0.2) is 10.6 Å². The van der Waals surface area contributed by atoms with E-state index in [0.29, 0.717) is 11.7 Å². The van der Waals surface area contributed by atoms with E-state index in [0.717, 1.165) is 24.7 Å². The maximum absolute atomic E-state index is 12.9. The van der Waals surface area contributed by atoms with Gasteiger partial charge in [-0.05, 0) is 28.8 Å². The van der Waals surface area contributed by atoms with Gasteiger partial charge < -0.3 is 5.32 Å². The van der Waals surface area contributed by atoms with Gasteiger partial charge in [-0.15, -0.1) is 0 Å². The third-order valence-electron chi connectivity index (χ3n) is 2.93. The quantitative estimate of drug-likeness (QED) is 0.832. The van der Waals surface area contributed by atoms with Crippen molar-refractivity contribution in [1.82, 2.24) is 20.2 Å². The maximum Gasteiger partial charge on any atom is 0.421 e. The van der Waals surface area contributed by atoms with E-state index >= 15 is 0 Å². The summed E-state index contributed by atoms with van der Waals surface area (Å²) < 4.78 is 38.7. The summed E-state index contributed by atoms with van der Waals surface area (Å²) in [6.45, 7) is 0. The van der Waals surface area contributed by atoms with Crippen LogP contribution in [-0.2, 0) is 6.18 Å². The second kappa shape index (κ2) is 4.72. The topological polar surface area (TPSA) is 66.5 Å². The Bertz CT molecular complexity index is 635. The van der Waals surface area contributed by atoms with Crippen molar-refractivity contribution in [3.8, 4) is 0 Å². The molecule has 2 N–H and O–H groups in total. The molecule has 0 aliphatic heterocycles. The van der Waals surface area contributed by atoms with Crippen molar-refractivity contribution >= 4 is 27.6 Å². The lowest BCUT2D eigenvalue weighted by Gasteiger charge is -2.11. The molecule has 2 heterocycles. The van der Waals surface area contributed by atoms with Gasteiger partial charge in [0.1, 0.15) is 11.4 Å². The number of rotatable bonds is 3. The largest absolute Gasteiger partial charge is 0.421 e. The van der Waals surface area contributed by atoms with E-state index in [1.54, 1.807) is 6.07 Å². The lowest BCUT2D eigenvalue weighted by Crippen LogP contribution is -2.11. The smallest absolute Gasteiger partial charge is 0.323 e.